The molecule has 0 spiro atoms. The van der Waals surface area contributed by atoms with Crippen LogP contribution < -0.4 is 10.1 Å². The molecule has 0 aromatic heterocycles. The van der Waals surface area contributed by atoms with Gasteiger partial charge >= 0.3 is 0 Å². The number of carbonyl (C=O) groups is 1. The van der Waals surface area contributed by atoms with Crippen molar-refractivity contribution in [1.82, 2.24) is 0 Å². The first-order valence-electron chi connectivity index (χ1n) is 6.08. The van der Waals surface area contributed by atoms with Crippen LogP contribution in [0.1, 0.15) is 0 Å². The highest BCUT2D eigenvalue weighted by atomic mass is 79.9. The highest BCUT2D eigenvalue weighted by Gasteiger charge is 2.08. The number of carbonyl (C=O) groups excluding carboxylic acids is 1. The molecule has 0 saturated carbocycles. The number of nitro groups is 1. The van der Waals surface area contributed by atoms with Crippen molar-refractivity contribution >= 4 is 49.1 Å². The Bertz CT molecular complexity index is 704. The summed E-state index contributed by atoms with van der Waals surface area (Å²) >= 11 is 6.67. The number of amides is 1. The zero-order chi connectivity index (χ0) is 16.1. The topological polar surface area (TPSA) is 81.5 Å². The van der Waals surface area contributed by atoms with Gasteiger partial charge in [-0.05, 0) is 46.3 Å². The first-order valence-corrected chi connectivity index (χ1v) is 7.66. The number of nitrogens with zero attached hydrogens (tertiary/aromatic N) is 1. The molecule has 0 heterocycles. The predicted molar refractivity (Wildman–Crippen MR) is 89.1 cm³/mol. The van der Waals surface area contributed by atoms with Crippen LogP contribution in [0.3, 0.4) is 0 Å². The number of nitro benzene ring substituents is 1. The van der Waals surface area contributed by atoms with Gasteiger partial charge in [-0.25, -0.2) is 0 Å². The standard InChI is InChI=1S/C14H10Br2N2O4/c15-9-1-6-13(12(16)7-9)17-14(19)8-22-11-4-2-10(3-5-11)18(20)21/h1-7H,8H2,(H,17,19). The highest BCUT2D eigenvalue weighted by molar-refractivity contribution is 9.11. The lowest BCUT2D eigenvalue weighted by Gasteiger charge is -2.09. The summed E-state index contributed by atoms with van der Waals surface area (Å²) in [6.07, 6.45) is 0. The number of halogens is 2. The van der Waals surface area contributed by atoms with Gasteiger partial charge in [0.2, 0.25) is 0 Å². The summed E-state index contributed by atoms with van der Waals surface area (Å²) in [5.74, 6) is 0.0528. The molecule has 0 radical (unpaired) electrons. The molecule has 2 aromatic rings. The second-order valence-electron chi connectivity index (χ2n) is 4.21. The fraction of sp³-hybridized carbons (Fsp3) is 0.0714. The van der Waals surface area contributed by atoms with E-state index in [0.29, 0.717) is 11.4 Å². The van der Waals surface area contributed by atoms with Gasteiger partial charge < -0.3 is 10.1 Å². The van der Waals surface area contributed by atoms with Crippen molar-refractivity contribution in [3.63, 3.8) is 0 Å². The Morgan fingerprint density at radius 2 is 1.86 bits per heavy atom. The Hall–Kier alpha value is -1.93. The summed E-state index contributed by atoms with van der Waals surface area (Å²) in [6.45, 7) is -0.194. The van der Waals surface area contributed by atoms with E-state index in [1.165, 1.54) is 24.3 Å². The van der Waals surface area contributed by atoms with Gasteiger partial charge in [-0.2, -0.15) is 0 Å². The predicted octanol–water partition coefficient (Wildman–Crippen LogP) is 4.14. The van der Waals surface area contributed by atoms with Crippen molar-refractivity contribution in [2.75, 3.05) is 11.9 Å². The molecule has 0 aliphatic heterocycles. The van der Waals surface area contributed by atoms with Crippen molar-refractivity contribution < 1.29 is 14.5 Å². The average Bonchev–Trinajstić information content (AvgIpc) is 2.48. The van der Waals surface area contributed by atoms with E-state index in [1.807, 2.05) is 6.07 Å². The molecule has 0 atom stereocenters. The second-order valence-corrected chi connectivity index (χ2v) is 5.98. The van der Waals surface area contributed by atoms with Crippen LogP contribution in [-0.2, 0) is 4.79 Å². The van der Waals surface area contributed by atoms with Crippen LogP contribution in [-0.4, -0.2) is 17.4 Å². The third-order valence-electron chi connectivity index (χ3n) is 2.62. The third kappa shape index (κ3) is 4.54. The number of nitrogens with one attached hydrogen (secondary N) is 1. The minimum absolute atomic E-state index is 0.0319. The summed E-state index contributed by atoms with van der Waals surface area (Å²) in [5, 5.41) is 13.2. The van der Waals surface area contributed by atoms with Crippen molar-refractivity contribution in [2.45, 2.75) is 0 Å². The maximum Gasteiger partial charge on any atom is 0.269 e. The van der Waals surface area contributed by atoms with E-state index in [-0.39, 0.29) is 18.2 Å². The number of non-ortho nitro benzene ring substituents is 1. The molecule has 0 saturated heterocycles. The van der Waals surface area contributed by atoms with E-state index in [2.05, 4.69) is 37.2 Å². The van der Waals surface area contributed by atoms with Crippen LogP contribution in [0.2, 0.25) is 0 Å². The first-order chi connectivity index (χ1) is 10.5. The molecule has 0 unspecified atom stereocenters. The van der Waals surface area contributed by atoms with Crippen molar-refractivity contribution in [1.29, 1.82) is 0 Å². The van der Waals surface area contributed by atoms with E-state index in [9.17, 15) is 14.9 Å². The van der Waals surface area contributed by atoms with Crippen molar-refractivity contribution in [3.05, 3.63) is 61.5 Å². The van der Waals surface area contributed by atoms with Crippen LogP contribution in [0.4, 0.5) is 11.4 Å². The lowest BCUT2D eigenvalue weighted by atomic mass is 10.3. The van der Waals surface area contributed by atoms with Gasteiger partial charge in [-0.3, -0.25) is 14.9 Å². The van der Waals surface area contributed by atoms with Gasteiger partial charge in [0, 0.05) is 21.1 Å². The molecular weight excluding hydrogens is 420 g/mol. The van der Waals surface area contributed by atoms with Crippen molar-refractivity contribution in [3.8, 4) is 5.75 Å². The number of benzene rings is 2. The quantitative estimate of drug-likeness (QED) is 0.572. The monoisotopic (exact) mass is 428 g/mol. The fourth-order valence-electron chi connectivity index (χ4n) is 1.59. The van der Waals surface area contributed by atoms with Gasteiger partial charge in [0.05, 0.1) is 10.6 Å². The van der Waals surface area contributed by atoms with Gasteiger partial charge in [-0.15, -0.1) is 0 Å². The Kier molecular flexibility index (Phi) is 5.51. The molecule has 2 aromatic carbocycles. The molecule has 0 aliphatic rings. The molecular formula is C14H10Br2N2O4. The molecule has 6 nitrogen and oxygen atoms in total. The first kappa shape index (κ1) is 16.4. The normalized spacial score (nSPS) is 10.1. The molecule has 114 valence electrons. The second kappa shape index (κ2) is 7.37. The summed E-state index contributed by atoms with van der Waals surface area (Å²) in [6, 6.07) is 10.9. The number of ether oxygens (including phenoxy) is 1. The maximum atomic E-state index is 11.8. The van der Waals surface area contributed by atoms with E-state index in [4.69, 9.17) is 4.74 Å². The zero-order valence-corrected chi connectivity index (χ0v) is 14.3. The minimum Gasteiger partial charge on any atom is -0.484 e. The van der Waals surface area contributed by atoms with E-state index < -0.39 is 4.92 Å². The minimum atomic E-state index is -0.498. The van der Waals surface area contributed by atoms with Crippen LogP contribution in [0.5, 0.6) is 5.75 Å². The Labute approximate surface area is 142 Å². The van der Waals surface area contributed by atoms with Gasteiger partial charge in [0.15, 0.2) is 6.61 Å². The SMILES string of the molecule is O=C(COc1ccc([N+](=O)[O-])cc1)Nc1ccc(Br)cc1Br. The zero-order valence-electron chi connectivity index (χ0n) is 11.1. The summed E-state index contributed by atoms with van der Waals surface area (Å²) in [4.78, 5) is 21.9. The molecule has 22 heavy (non-hydrogen) atoms. The molecule has 8 heteroatoms. The van der Waals surface area contributed by atoms with Gasteiger partial charge in [0.25, 0.3) is 11.6 Å². The summed E-state index contributed by atoms with van der Waals surface area (Å²) in [5.41, 5.74) is 0.594. The average molecular weight is 430 g/mol. The van der Waals surface area contributed by atoms with Gasteiger partial charge in [0.1, 0.15) is 5.75 Å². The number of hydrogen-bond donors (Lipinski definition) is 1. The third-order valence-corrected chi connectivity index (χ3v) is 3.77. The summed E-state index contributed by atoms with van der Waals surface area (Å²) < 4.78 is 6.91. The van der Waals surface area contributed by atoms with Gasteiger partial charge in [-0.1, -0.05) is 15.9 Å². The molecule has 1 amide bonds. The van der Waals surface area contributed by atoms with Crippen LogP contribution in [0, 0.1) is 10.1 Å². The fourth-order valence-corrected chi connectivity index (χ4v) is 2.74. The summed E-state index contributed by atoms with van der Waals surface area (Å²) in [7, 11) is 0. The number of rotatable bonds is 5. The van der Waals surface area contributed by atoms with E-state index >= 15 is 0 Å². The Morgan fingerprint density at radius 1 is 1.18 bits per heavy atom. The molecule has 2 rings (SSSR count). The Balaban J connectivity index is 1.91. The molecule has 0 aliphatic carbocycles. The van der Waals surface area contributed by atoms with Crippen LogP contribution in [0.25, 0.3) is 0 Å². The smallest absolute Gasteiger partial charge is 0.269 e. The molecule has 0 fully saturated rings. The molecule has 0 bridgehead atoms. The van der Waals surface area contributed by atoms with E-state index in [0.717, 1.165) is 8.95 Å². The number of anilines is 1. The lowest BCUT2D eigenvalue weighted by molar-refractivity contribution is -0.384. The lowest BCUT2D eigenvalue weighted by Crippen LogP contribution is -2.20. The maximum absolute atomic E-state index is 11.8. The largest absolute Gasteiger partial charge is 0.484 e. The van der Waals surface area contributed by atoms with E-state index in [1.54, 1.807) is 12.1 Å². The number of hydrogen-bond acceptors (Lipinski definition) is 4. The van der Waals surface area contributed by atoms with Crippen molar-refractivity contribution in [2.24, 2.45) is 0 Å². The van der Waals surface area contributed by atoms with Crippen LogP contribution in [0.15, 0.2) is 51.4 Å². The van der Waals surface area contributed by atoms with Crippen LogP contribution >= 0.6 is 31.9 Å². The molecule has 1 N–H and O–H groups in total. The highest BCUT2D eigenvalue weighted by Crippen LogP contribution is 2.26. The Morgan fingerprint density at radius 3 is 2.45 bits per heavy atom.